The Morgan fingerprint density at radius 3 is 2.97 bits per heavy atom. The molecule has 30 heavy (non-hydrogen) atoms. The summed E-state index contributed by atoms with van der Waals surface area (Å²) in [6.07, 6.45) is 6.51. The van der Waals surface area contributed by atoms with Crippen LogP contribution in [0.5, 0.6) is 5.75 Å². The summed E-state index contributed by atoms with van der Waals surface area (Å²) >= 11 is 0. The molecule has 156 valence electrons. The highest BCUT2D eigenvalue weighted by molar-refractivity contribution is 5.66. The van der Waals surface area contributed by atoms with Gasteiger partial charge in [0, 0.05) is 30.1 Å². The van der Waals surface area contributed by atoms with Crippen LogP contribution in [0.2, 0.25) is 0 Å². The maximum Gasteiger partial charge on any atom is 0.157 e. The van der Waals surface area contributed by atoms with E-state index < -0.39 is 0 Å². The van der Waals surface area contributed by atoms with E-state index in [1.54, 1.807) is 7.11 Å². The third-order valence-electron chi connectivity index (χ3n) is 6.29. The Balaban J connectivity index is 1.43. The molecule has 6 rings (SSSR count). The van der Waals surface area contributed by atoms with Crippen LogP contribution in [-0.2, 0) is 18.0 Å². The number of hydrogen-bond donors (Lipinski definition) is 2. The van der Waals surface area contributed by atoms with Crippen LogP contribution in [0, 0.1) is 0 Å². The summed E-state index contributed by atoms with van der Waals surface area (Å²) < 4.78 is 13.2. The number of hydrogen-bond acceptors (Lipinski definition) is 7. The molecule has 2 N–H and O–H groups in total. The molecule has 8 heteroatoms. The third kappa shape index (κ3) is 3.11. The molecule has 5 heterocycles. The Morgan fingerprint density at radius 1 is 1.23 bits per heavy atom. The van der Waals surface area contributed by atoms with Crippen molar-refractivity contribution < 1.29 is 9.47 Å². The highest BCUT2D eigenvalue weighted by Crippen LogP contribution is 2.43. The molecular weight excluding hydrogens is 380 g/mol. The van der Waals surface area contributed by atoms with E-state index in [0.29, 0.717) is 25.2 Å². The fraction of sp³-hybridized carbons (Fsp3) is 0.500. The number of aromatic nitrogens is 4. The number of pyridine rings is 1. The van der Waals surface area contributed by atoms with Gasteiger partial charge in [-0.3, -0.25) is 0 Å². The molecule has 3 aromatic heterocycles. The molecule has 0 amide bonds. The second-order valence-electron chi connectivity index (χ2n) is 8.46. The van der Waals surface area contributed by atoms with Crippen molar-refractivity contribution in [1.82, 2.24) is 24.9 Å². The van der Waals surface area contributed by atoms with E-state index >= 15 is 0 Å². The molecule has 1 saturated heterocycles. The van der Waals surface area contributed by atoms with Crippen molar-refractivity contribution >= 4 is 11.5 Å². The molecule has 1 saturated carbocycles. The molecule has 0 aromatic carbocycles. The van der Waals surface area contributed by atoms with Gasteiger partial charge in [-0.2, -0.15) is 5.10 Å². The second-order valence-corrected chi connectivity index (χ2v) is 8.46. The topological polar surface area (TPSA) is 85.6 Å². The summed E-state index contributed by atoms with van der Waals surface area (Å²) in [7, 11) is 1.70. The number of nitrogens with zero attached hydrogens (tertiary/aromatic N) is 4. The first kappa shape index (κ1) is 18.1. The molecule has 0 radical (unpaired) electrons. The Labute approximate surface area is 175 Å². The van der Waals surface area contributed by atoms with Crippen molar-refractivity contribution in [2.45, 2.75) is 50.9 Å². The lowest BCUT2D eigenvalue weighted by Gasteiger charge is -2.25. The number of methoxy groups -OCH3 is 1. The van der Waals surface area contributed by atoms with Crippen molar-refractivity contribution in [2.75, 3.05) is 25.5 Å². The van der Waals surface area contributed by atoms with Gasteiger partial charge in [-0.05, 0) is 43.9 Å². The zero-order valence-electron chi connectivity index (χ0n) is 17.1. The minimum atomic E-state index is 0.386. The Kier molecular flexibility index (Phi) is 4.35. The monoisotopic (exact) mass is 406 g/mol. The number of fused-ring (bicyclic) bond motifs is 2. The van der Waals surface area contributed by atoms with Crippen LogP contribution >= 0.6 is 0 Å². The van der Waals surface area contributed by atoms with Crippen molar-refractivity contribution in [2.24, 2.45) is 0 Å². The standard InChI is InChI=1S/C22H26N6O2/c1-29-19-8-20-24-10-18(28(20)27-21(19)13-4-5-13)17-7-14-11-30-12-16(14)22(26-17)25-15-3-2-6-23-9-15/h7-8,10,13,15,23H,2-6,9,11-12H2,1H3,(H,25,26)/t15-/m1/s1. The minimum Gasteiger partial charge on any atom is -0.495 e. The highest BCUT2D eigenvalue weighted by Gasteiger charge is 2.30. The largest absolute Gasteiger partial charge is 0.495 e. The fourth-order valence-electron chi connectivity index (χ4n) is 4.49. The van der Waals surface area contributed by atoms with Gasteiger partial charge >= 0.3 is 0 Å². The van der Waals surface area contributed by atoms with E-state index in [-0.39, 0.29) is 0 Å². The average molecular weight is 406 g/mol. The molecule has 3 aromatic rings. The lowest BCUT2D eigenvalue weighted by atomic mass is 10.1. The number of nitrogens with one attached hydrogen (secondary N) is 2. The molecule has 1 aliphatic carbocycles. The molecule has 2 aliphatic heterocycles. The molecule has 2 fully saturated rings. The van der Waals surface area contributed by atoms with Gasteiger partial charge in [-0.25, -0.2) is 14.5 Å². The number of rotatable bonds is 5. The van der Waals surface area contributed by atoms with Gasteiger partial charge in [0.1, 0.15) is 23.0 Å². The molecule has 0 bridgehead atoms. The van der Waals surface area contributed by atoms with E-state index in [1.165, 1.54) is 17.5 Å². The maximum atomic E-state index is 5.74. The van der Waals surface area contributed by atoms with Crippen molar-refractivity contribution in [3.05, 3.63) is 35.2 Å². The van der Waals surface area contributed by atoms with Crippen LogP contribution in [-0.4, -0.2) is 45.8 Å². The molecule has 0 spiro atoms. The van der Waals surface area contributed by atoms with Gasteiger partial charge in [0.25, 0.3) is 0 Å². The predicted octanol–water partition coefficient (Wildman–Crippen LogP) is 2.87. The third-order valence-corrected chi connectivity index (χ3v) is 6.29. The van der Waals surface area contributed by atoms with Crippen LogP contribution in [0.15, 0.2) is 18.3 Å². The van der Waals surface area contributed by atoms with Crippen LogP contribution < -0.4 is 15.4 Å². The summed E-state index contributed by atoms with van der Waals surface area (Å²) in [5.41, 5.74) is 5.92. The van der Waals surface area contributed by atoms with Crippen LogP contribution in [0.1, 0.15) is 48.4 Å². The van der Waals surface area contributed by atoms with Gasteiger partial charge in [0.2, 0.25) is 0 Å². The SMILES string of the molecule is COc1cc2ncc(-c3cc4c(c(N[C@@H]5CCCNC5)n3)COC4)n2nc1C1CC1. The second kappa shape index (κ2) is 7.21. The fourth-order valence-corrected chi connectivity index (χ4v) is 4.49. The van der Waals surface area contributed by atoms with Gasteiger partial charge in [0.05, 0.1) is 32.2 Å². The Hall–Kier alpha value is -2.71. The molecule has 0 unspecified atom stereocenters. The summed E-state index contributed by atoms with van der Waals surface area (Å²) in [6.45, 7) is 3.28. The first-order chi connectivity index (χ1) is 14.8. The van der Waals surface area contributed by atoms with Crippen molar-refractivity contribution in [3.63, 3.8) is 0 Å². The lowest BCUT2D eigenvalue weighted by molar-refractivity contribution is 0.134. The number of ether oxygens (including phenoxy) is 2. The minimum absolute atomic E-state index is 0.386. The smallest absolute Gasteiger partial charge is 0.157 e. The van der Waals surface area contributed by atoms with Gasteiger partial charge in [-0.15, -0.1) is 0 Å². The summed E-state index contributed by atoms with van der Waals surface area (Å²) in [5, 5.41) is 12.0. The number of piperidine rings is 1. The van der Waals surface area contributed by atoms with Crippen LogP contribution in [0.3, 0.4) is 0 Å². The quantitative estimate of drug-likeness (QED) is 0.674. The van der Waals surface area contributed by atoms with E-state index in [2.05, 4.69) is 21.7 Å². The van der Waals surface area contributed by atoms with Crippen LogP contribution in [0.4, 0.5) is 5.82 Å². The highest BCUT2D eigenvalue weighted by atomic mass is 16.5. The molecular formula is C22H26N6O2. The van der Waals surface area contributed by atoms with Crippen molar-refractivity contribution in [1.29, 1.82) is 0 Å². The molecule has 3 aliphatic rings. The first-order valence-electron chi connectivity index (χ1n) is 10.8. The maximum absolute atomic E-state index is 5.74. The average Bonchev–Trinajstić information content (AvgIpc) is 3.36. The van der Waals surface area contributed by atoms with E-state index in [9.17, 15) is 0 Å². The van der Waals surface area contributed by atoms with E-state index in [0.717, 1.165) is 66.6 Å². The predicted molar refractivity (Wildman–Crippen MR) is 113 cm³/mol. The lowest BCUT2D eigenvalue weighted by Crippen LogP contribution is -2.38. The zero-order valence-corrected chi connectivity index (χ0v) is 17.1. The van der Waals surface area contributed by atoms with E-state index in [1.807, 2.05) is 16.8 Å². The van der Waals surface area contributed by atoms with Crippen molar-refractivity contribution in [3.8, 4) is 17.1 Å². The Morgan fingerprint density at radius 2 is 2.17 bits per heavy atom. The number of anilines is 1. The Bertz CT molecular complexity index is 1100. The normalized spacial score (nSPS) is 21.0. The summed E-state index contributed by atoms with van der Waals surface area (Å²) in [5.74, 6) is 2.24. The van der Waals surface area contributed by atoms with Crippen LogP contribution in [0.25, 0.3) is 17.0 Å². The number of imidazole rings is 1. The summed E-state index contributed by atoms with van der Waals surface area (Å²) in [4.78, 5) is 9.60. The first-order valence-corrected chi connectivity index (χ1v) is 10.8. The summed E-state index contributed by atoms with van der Waals surface area (Å²) in [6, 6.07) is 4.49. The molecule has 1 atom stereocenters. The van der Waals surface area contributed by atoms with Gasteiger partial charge < -0.3 is 20.1 Å². The van der Waals surface area contributed by atoms with E-state index in [4.69, 9.17) is 19.6 Å². The zero-order chi connectivity index (χ0) is 20.1. The van der Waals surface area contributed by atoms with Gasteiger partial charge in [0.15, 0.2) is 5.65 Å². The molecule has 8 nitrogen and oxygen atoms in total. The van der Waals surface area contributed by atoms with Gasteiger partial charge in [-0.1, -0.05) is 0 Å².